The SMILES string of the molecule is CC(C)(C)Nc1cccc(CC(C)(C)Nc2ccccc2-c2ccc(O)cc2)c1-c1ccccc1. The number of benzene rings is 4. The van der Waals surface area contributed by atoms with Gasteiger partial charge in [0.2, 0.25) is 0 Å². The van der Waals surface area contributed by atoms with Gasteiger partial charge in [-0.1, -0.05) is 72.8 Å². The second-order valence-electron chi connectivity index (χ2n) is 10.9. The van der Waals surface area contributed by atoms with Crippen molar-refractivity contribution in [1.82, 2.24) is 0 Å². The van der Waals surface area contributed by atoms with E-state index >= 15 is 0 Å². The van der Waals surface area contributed by atoms with Crippen molar-refractivity contribution in [2.24, 2.45) is 0 Å². The van der Waals surface area contributed by atoms with Crippen molar-refractivity contribution in [3.8, 4) is 28.0 Å². The molecule has 0 saturated heterocycles. The predicted octanol–water partition coefficient (Wildman–Crippen LogP) is 8.37. The lowest BCUT2D eigenvalue weighted by molar-refractivity contribution is 0.475. The van der Waals surface area contributed by atoms with E-state index in [1.807, 2.05) is 12.1 Å². The summed E-state index contributed by atoms with van der Waals surface area (Å²) in [6.45, 7) is 11.1. The first kappa shape index (κ1) is 24.4. The zero-order chi connectivity index (χ0) is 25.1. The van der Waals surface area contributed by atoms with Crippen LogP contribution in [0, 0.1) is 0 Å². The summed E-state index contributed by atoms with van der Waals surface area (Å²) >= 11 is 0. The van der Waals surface area contributed by atoms with Crippen LogP contribution in [0.3, 0.4) is 0 Å². The van der Waals surface area contributed by atoms with Gasteiger partial charge in [-0.15, -0.1) is 0 Å². The Balaban J connectivity index is 1.69. The van der Waals surface area contributed by atoms with Gasteiger partial charge in [0.1, 0.15) is 5.75 Å². The van der Waals surface area contributed by atoms with Crippen LogP contribution < -0.4 is 10.6 Å². The molecule has 0 spiro atoms. The molecule has 0 aliphatic rings. The number of para-hydroxylation sites is 1. The zero-order valence-electron chi connectivity index (χ0n) is 21.4. The first-order valence-corrected chi connectivity index (χ1v) is 12.2. The highest BCUT2D eigenvalue weighted by atomic mass is 16.3. The lowest BCUT2D eigenvalue weighted by Crippen LogP contribution is -2.34. The van der Waals surface area contributed by atoms with E-state index < -0.39 is 0 Å². The molecule has 0 unspecified atom stereocenters. The average Bonchev–Trinajstić information content (AvgIpc) is 2.79. The molecule has 4 aromatic carbocycles. The van der Waals surface area contributed by atoms with E-state index in [1.54, 1.807) is 12.1 Å². The highest BCUT2D eigenvalue weighted by molar-refractivity contribution is 5.82. The van der Waals surface area contributed by atoms with Crippen LogP contribution in [0.4, 0.5) is 11.4 Å². The number of phenols is 1. The Hall–Kier alpha value is -3.72. The van der Waals surface area contributed by atoms with Gasteiger partial charge in [0.25, 0.3) is 0 Å². The summed E-state index contributed by atoms with van der Waals surface area (Å²) in [5.74, 6) is 0.275. The number of aromatic hydroxyl groups is 1. The first-order valence-electron chi connectivity index (χ1n) is 12.2. The third-order valence-corrected chi connectivity index (χ3v) is 5.93. The van der Waals surface area contributed by atoms with E-state index in [2.05, 4.69) is 118 Å². The maximum absolute atomic E-state index is 9.72. The van der Waals surface area contributed by atoms with E-state index in [9.17, 15) is 5.11 Å². The van der Waals surface area contributed by atoms with Gasteiger partial charge in [0.15, 0.2) is 0 Å². The molecule has 0 aliphatic carbocycles. The minimum atomic E-state index is -0.211. The number of anilines is 2. The number of hydrogen-bond donors (Lipinski definition) is 3. The summed E-state index contributed by atoms with van der Waals surface area (Å²) in [7, 11) is 0. The Labute approximate surface area is 209 Å². The second kappa shape index (κ2) is 9.87. The monoisotopic (exact) mass is 464 g/mol. The van der Waals surface area contributed by atoms with Crippen molar-refractivity contribution in [2.45, 2.75) is 52.1 Å². The van der Waals surface area contributed by atoms with Crippen molar-refractivity contribution in [2.75, 3.05) is 10.6 Å². The molecule has 0 fully saturated rings. The minimum Gasteiger partial charge on any atom is -0.508 e. The van der Waals surface area contributed by atoms with Crippen LogP contribution in [-0.4, -0.2) is 16.2 Å². The smallest absolute Gasteiger partial charge is 0.115 e. The molecule has 0 heterocycles. The predicted molar refractivity (Wildman–Crippen MR) is 150 cm³/mol. The Morgan fingerprint density at radius 2 is 1.23 bits per heavy atom. The molecule has 4 aromatic rings. The molecule has 3 nitrogen and oxygen atoms in total. The van der Waals surface area contributed by atoms with Crippen molar-refractivity contribution in [1.29, 1.82) is 0 Å². The number of hydrogen-bond acceptors (Lipinski definition) is 3. The minimum absolute atomic E-state index is 0.0427. The molecule has 0 amide bonds. The van der Waals surface area contributed by atoms with E-state index in [1.165, 1.54) is 16.7 Å². The molecule has 3 N–H and O–H groups in total. The highest BCUT2D eigenvalue weighted by Gasteiger charge is 2.24. The molecule has 0 saturated carbocycles. The Bertz CT molecular complexity index is 1270. The van der Waals surface area contributed by atoms with Crippen LogP contribution in [-0.2, 0) is 6.42 Å². The van der Waals surface area contributed by atoms with Crippen LogP contribution in [0.15, 0.2) is 97.1 Å². The summed E-state index contributed by atoms with van der Waals surface area (Å²) in [6, 6.07) is 32.9. The third-order valence-electron chi connectivity index (χ3n) is 5.93. The maximum atomic E-state index is 9.72. The highest BCUT2D eigenvalue weighted by Crippen LogP contribution is 2.37. The van der Waals surface area contributed by atoms with Crippen LogP contribution in [0.5, 0.6) is 5.75 Å². The third kappa shape index (κ3) is 6.24. The summed E-state index contributed by atoms with van der Waals surface area (Å²) < 4.78 is 0. The zero-order valence-corrected chi connectivity index (χ0v) is 21.4. The molecular formula is C32H36N2O. The van der Waals surface area contributed by atoms with Crippen LogP contribution in [0.2, 0.25) is 0 Å². The first-order chi connectivity index (χ1) is 16.6. The molecule has 0 radical (unpaired) electrons. The summed E-state index contributed by atoms with van der Waals surface area (Å²) in [5, 5.41) is 17.2. The Morgan fingerprint density at radius 3 is 1.91 bits per heavy atom. The Morgan fingerprint density at radius 1 is 0.600 bits per heavy atom. The van der Waals surface area contributed by atoms with Gasteiger partial charge in [-0.25, -0.2) is 0 Å². The molecule has 0 bridgehead atoms. The molecular weight excluding hydrogens is 428 g/mol. The second-order valence-corrected chi connectivity index (χ2v) is 10.9. The van der Waals surface area contributed by atoms with Crippen LogP contribution in [0.1, 0.15) is 40.2 Å². The molecule has 3 heteroatoms. The van der Waals surface area contributed by atoms with E-state index in [4.69, 9.17) is 0 Å². The van der Waals surface area contributed by atoms with Gasteiger partial charge in [-0.2, -0.15) is 0 Å². The van der Waals surface area contributed by atoms with Crippen LogP contribution >= 0.6 is 0 Å². The van der Waals surface area contributed by atoms with Crippen molar-refractivity contribution >= 4 is 11.4 Å². The molecule has 0 aliphatic heterocycles. The molecule has 0 aromatic heterocycles. The number of rotatable bonds is 7. The fraction of sp³-hybridized carbons (Fsp3) is 0.250. The van der Waals surface area contributed by atoms with E-state index in [0.29, 0.717) is 0 Å². The van der Waals surface area contributed by atoms with Gasteiger partial charge in [-0.05, 0) is 82.0 Å². The quantitative estimate of drug-likeness (QED) is 0.257. The van der Waals surface area contributed by atoms with Gasteiger partial charge in [0.05, 0.1) is 0 Å². The Kier molecular flexibility index (Phi) is 6.88. The average molecular weight is 465 g/mol. The van der Waals surface area contributed by atoms with Crippen LogP contribution in [0.25, 0.3) is 22.3 Å². The van der Waals surface area contributed by atoms with Gasteiger partial charge in [0, 0.05) is 33.6 Å². The topological polar surface area (TPSA) is 44.3 Å². The van der Waals surface area contributed by atoms with Crippen molar-refractivity contribution in [3.05, 3.63) is 103 Å². The number of phenolic OH excluding ortho intramolecular Hbond substituents is 1. The maximum Gasteiger partial charge on any atom is 0.115 e. The molecule has 4 rings (SSSR count). The van der Waals surface area contributed by atoms with Gasteiger partial charge >= 0.3 is 0 Å². The standard InChI is InChI=1S/C32H36N2O/c1-31(2,3)33-29-17-11-14-25(30(29)24-12-7-6-8-13-24)22-32(4,5)34-28-16-10-9-15-27(28)23-18-20-26(35)21-19-23/h6-21,33-35H,22H2,1-5H3. The fourth-order valence-electron chi connectivity index (χ4n) is 4.57. The van der Waals surface area contributed by atoms with Crippen molar-refractivity contribution < 1.29 is 5.11 Å². The number of nitrogens with one attached hydrogen (secondary N) is 2. The van der Waals surface area contributed by atoms with E-state index in [-0.39, 0.29) is 16.8 Å². The lowest BCUT2D eigenvalue weighted by Gasteiger charge is -2.31. The summed E-state index contributed by atoms with van der Waals surface area (Å²) in [5.41, 5.74) is 7.94. The summed E-state index contributed by atoms with van der Waals surface area (Å²) in [6.07, 6.45) is 0.848. The summed E-state index contributed by atoms with van der Waals surface area (Å²) in [4.78, 5) is 0. The van der Waals surface area contributed by atoms with E-state index in [0.717, 1.165) is 28.9 Å². The van der Waals surface area contributed by atoms with Gasteiger partial charge in [-0.3, -0.25) is 0 Å². The lowest BCUT2D eigenvalue weighted by atomic mass is 9.87. The normalized spacial score (nSPS) is 11.8. The van der Waals surface area contributed by atoms with Gasteiger partial charge < -0.3 is 15.7 Å². The molecule has 35 heavy (non-hydrogen) atoms. The largest absolute Gasteiger partial charge is 0.508 e. The molecule has 0 atom stereocenters. The molecule has 180 valence electrons. The fourth-order valence-corrected chi connectivity index (χ4v) is 4.57. The van der Waals surface area contributed by atoms with Crippen molar-refractivity contribution in [3.63, 3.8) is 0 Å².